The molecule has 1 aliphatic rings. The smallest absolute Gasteiger partial charge is 0.121 e. The summed E-state index contributed by atoms with van der Waals surface area (Å²) in [5.74, 6) is 1.16. The molecule has 0 spiro atoms. The Morgan fingerprint density at radius 3 is 3.18 bits per heavy atom. The van der Waals surface area contributed by atoms with E-state index in [9.17, 15) is 0 Å². The molecule has 1 aromatic rings. The third-order valence-electron chi connectivity index (χ3n) is 2.35. The first kappa shape index (κ1) is 6.92. The molecule has 1 aromatic heterocycles. The highest BCUT2D eigenvalue weighted by Crippen LogP contribution is 2.22. The second-order valence-electron chi connectivity index (χ2n) is 3.31. The lowest BCUT2D eigenvalue weighted by molar-refractivity contribution is 0.277. The predicted octanol–water partition coefficient (Wildman–Crippen LogP) is 1.58. The second-order valence-corrected chi connectivity index (χ2v) is 3.31. The summed E-state index contributed by atoms with van der Waals surface area (Å²) in [6.45, 7) is 4.25. The van der Waals surface area contributed by atoms with Crippen molar-refractivity contribution in [1.29, 1.82) is 0 Å². The van der Waals surface area contributed by atoms with Crippen LogP contribution in [0.25, 0.3) is 0 Å². The van der Waals surface area contributed by atoms with E-state index in [1.165, 1.54) is 11.1 Å². The van der Waals surface area contributed by atoms with Crippen molar-refractivity contribution < 1.29 is 4.42 Å². The number of likely N-dealkylation sites (N-methyl/N-ethyl adjacent to an activating group) is 1. The van der Waals surface area contributed by atoms with E-state index in [0.717, 1.165) is 25.3 Å². The van der Waals surface area contributed by atoms with Crippen LogP contribution < -0.4 is 0 Å². The van der Waals surface area contributed by atoms with Gasteiger partial charge in [0.15, 0.2) is 0 Å². The molecule has 2 rings (SSSR count). The van der Waals surface area contributed by atoms with Crippen molar-refractivity contribution in [2.75, 3.05) is 13.6 Å². The van der Waals surface area contributed by atoms with Gasteiger partial charge in [-0.1, -0.05) is 0 Å². The van der Waals surface area contributed by atoms with Crippen LogP contribution in [-0.2, 0) is 13.0 Å². The number of fused-ring (bicyclic) bond motifs is 1. The summed E-state index contributed by atoms with van der Waals surface area (Å²) in [6.07, 6.45) is 3.01. The van der Waals surface area contributed by atoms with Gasteiger partial charge < -0.3 is 4.42 Å². The Bertz CT molecular complexity index is 265. The number of nitrogens with zero attached hydrogens (tertiary/aromatic N) is 1. The van der Waals surface area contributed by atoms with Gasteiger partial charge in [-0.2, -0.15) is 0 Å². The minimum atomic E-state index is 0.975. The fourth-order valence-electron chi connectivity index (χ4n) is 1.62. The van der Waals surface area contributed by atoms with E-state index >= 15 is 0 Å². The van der Waals surface area contributed by atoms with Crippen LogP contribution in [0.4, 0.5) is 0 Å². The van der Waals surface area contributed by atoms with Crippen molar-refractivity contribution in [1.82, 2.24) is 4.90 Å². The average Bonchev–Trinajstić information content (AvgIpc) is 2.32. The van der Waals surface area contributed by atoms with Gasteiger partial charge >= 0.3 is 0 Å². The zero-order valence-corrected chi connectivity index (χ0v) is 7.05. The monoisotopic (exact) mass is 151 g/mol. The topological polar surface area (TPSA) is 16.4 Å². The summed E-state index contributed by atoms with van der Waals surface area (Å²) in [4.78, 5) is 2.28. The van der Waals surface area contributed by atoms with Gasteiger partial charge in [-0.25, -0.2) is 0 Å². The van der Waals surface area contributed by atoms with Crippen LogP contribution in [-0.4, -0.2) is 18.5 Å². The normalized spacial score (nSPS) is 18.4. The van der Waals surface area contributed by atoms with E-state index in [1.54, 1.807) is 0 Å². The van der Waals surface area contributed by atoms with E-state index in [-0.39, 0.29) is 0 Å². The van der Waals surface area contributed by atoms with Gasteiger partial charge in [0.1, 0.15) is 5.76 Å². The zero-order valence-electron chi connectivity index (χ0n) is 7.05. The Morgan fingerprint density at radius 2 is 2.36 bits per heavy atom. The average molecular weight is 151 g/mol. The first-order chi connectivity index (χ1) is 5.27. The third-order valence-corrected chi connectivity index (χ3v) is 2.35. The van der Waals surface area contributed by atoms with Crippen LogP contribution in [0, 0.1) is 6.92 Å². The Labute approximate surface area is 66.8 Å². The van der Waals surface area contributed by atoms with Crippen molar-refractivity contribution in [3.8, 4) is 0 Å². The van der Waals surface area contributed by atoms with E-state index in [2.05, 4.69) is 18.9 Å². The molecule has 1 aliphatic heterocycles. The number of rotatable bonds is 0. The quantitative estimate of drug-likeness (QED) is 0.559. The first-order valence-electron chi connectivity index (χ1n) is 4.02. The molecule has 0 saturated heterocycles. The van der Waals surface area contributed by atoms with Gasteiger partial charge in [0, 0.05) is 6.54 Å². The molecule has 0 N–H and O–H groups in total. The van der Waals surface area contributed by atoms with E-state index in [4.69, 9.17) is 4.42 Å². The molecule has 0 atom stereocenters. The van der Waals surface area contributed by atoms with E-state index in [0.29, 0.717) is 0 Å². The van der Waals surface area contributed by atoms with Gasteiger partial charge in [0.2, 0.25) is 0 Å². The molecule has 0 saturated carbocycles. The molecule has 0 aromatic carbocycles. The molecular weight excluding hydrogens is 138 g/mol. The minimum absolute atomic E-state index is 0.975. The number of hydrogen-bond donors (Lipinski definition) is 0. The molecular formula is C9H13NO. The predicted molar refractivity (Wildman–Crippen MR) is 43.5 cm³/mol. The van der Waals surface area contributed by atoms with Crippen LogP contribution in [0.1, 0.15) is 16.9 Å². The summed E-state index contributed by atoms with van der Waals surface area (Å²) in [5, 5.41) is 0. The molecule has 0 unspecified atom stereocenters. The lowest BCUT2D eigenvalue weighted by Crippen LogP contribution is -2.25. The Hall–Kier alpha value is -0.760. The highest BCUT2D eigenvalue weighted by Gasteiger charge is 2.17. The van der Waals surface area contributed by atoms with Crippen LogP contribution in [0.5, 0.6) is 0 Å². The molecule has 11 heavy (non-hydrogen) atoms. The van der Waals surface area contributed by atoms with Gasteiger partial charge in [0.05, 0.1) is 12.8 Å². The van der Waals surface area contributed by atoms with Crippen LogP contribution in [0.15, 0.2) is 10.7 Å². The molecule has 2 heterocycles. The standard InChI is InChI=1S/C9H13NO/c1-7-6-11-9-5-10(2)4-3-8(7)9/h6H,3-5H2,1-2H3. The summed E-state index contributed by atoms with van der Waals surface area (Å²) in [7, 11) is 2.13. The highest BCUT2D eigenvalue weighted by molar-refractivity contribution is 5.28. The van der Waals surface area contributed by atoms with E-state index in [1.807, 2.05) is 6.26 Å². The van der Waals surface area contributed by atoms with Gasteiger partial charge in [-0.05, 0) is 31.5 Å². The Morgan fingerprint density at radius 1 is 1.55 bits per heavy atom. The van der Waals surface area contributed by atoms with Crippen LogP contribution in [0.3, 0.4) is 0 Å². The Kier molecular flexibility index (Phi) is 1.50. The van der Waals surface area contributed by atoms with Gasteiger partial charge in [-0.3, -0.25) is 4.90 Å². The van der Waals surface area contributed by atoms with Crippen molar-refractivity contribution in [3.63, 3.8) is 0 Å². The third kappa shape index (κ3) is 1.07. The SMILES string of the molecule is Cc1coc2c1CCN(C)C2. The summed E-state index contributed by atoms with van der Waals surface area (Å²) in [5.41, 5.74) is 2.75. The maximum atomic E-state index is 5.42. The summed E-state index contributed by atoms with van der Waals surface area (Å²) >= 11 is 0. The summed E-state index contributed by atoms with van der Waals surface area (Å²) < 4.78 is 5.42. The van der Waals surface area contributed by atoms with Gasteiger partial charge in [-0.15, -0.1) is 0 Å². The first-order valence-corrected chi connectivity index (χ1v) is 4.02. The number of furan rings is 1. The van der Waals surface area contributed by atoms with Crippen LogP contribution in [0.2, 0.25) is 0 Å². The van der Waals surface area contributed by atoms with Gasteiger partial charge in [0.25, 0.3) is 0 Å². The fourth-order valence-corrected chi connectivity index (χ4v) is 1.62. The fraction of sp³-hybridized carbons (Fsp3) is 0.556. The number of aryl methyl sites for hydroxylation is 1. The lowest BCUT2D eigenvalue weighted by Gasteiger charge is -2.21. The maximum Gasteiger partial charge on any atom is 0.121 e. The molecule has 0 fully saturated rings. The maximum absolute atomic E-state index is 5.42. The molecule has 2 heteroatoms. The molecule has 60 valence electrons. The lowest BCUT2D eigenvalue weighted by atomic mass is 10.1. The van der Waals surface area contributed by atoms with Crippen molar-refractivity contribution in [2.24, 2.45) is 0 Å². The molecule has 0 aliphatic carbocycles. The molecule has 0 bridgehead atoms. The largest absolute Gasteiger partial charge is 0.467 e. The van der Waals surface area contributed by atoms with E-state index < -0.39 is 0 Å². The van der Waals surface area contributed by atoms with Crippen molar-refractivity contribution in [3.05, 3.63) is 23.2 Å². The van der Waals surface area contributed by atoms with Crippen molar-refractivity contribution in [2.45, 2.75) is 19.9 Å². The molecule has 0 radical (unpaired) electrons. The number of hydrogen-bond acceptors (Lipinski definition) is 2. The summed E-state index contributed by atoms with van der Waals surface area (Å²) in [6, 6.07) is 0. The highest BCUT2D eigenvalue weighted by atomic mass is 16.3. The van der Waals surface area contributed by atoms with Crippen molar-refractivity contribution >= 4 is 0 Å². The zero-order chi connectivity index (χ0) is 7.84. The Balaban J connectivity index is 2.36. The second kappa shape index (κ2) is 2.38. The molecule has 0 amide bonds. The minimum Gasteiger partial charge on any atom is -0.467 e. The molecule has 2 nitrogen and oxygen atoms in total. The van der Waals surface area contributed by atoms with Crippen LogP contribution >= 0.6 is 0 Å².